The van der Waals surface area contributed by atoms with Gasteiger partial charge in [-0.15, -0.1) is 0 Å². The van der Waals surface area contributed by atoms with Crippen LogP contribution in [0.25, 0.3) is 61.1 Å². The van der Waals surface area contributed by atoms with E-state index < -0.39 is 5.97 Å². The van der Waals surface area contributed by atoms with Crippen molar-refractivity contribution < 1.29 is 9.90 Å². The van der Waals surface area contributed by atoms with Crippen LogP contribution in [0.1, 0.15) is 32.3 Å². The molecule has 294 valence electrons. The van der Waals surface area contributed by atoms with Crippen molar-refractivity contribution in [2.45, 2.75) is 26.7 Å². The molecule has 9 aromatic rings. The van der Waals surface area contributed by atoms with Crippen LogP contribution in [-0.2, 0) is 4.79 Å². The first-order valence-electron chi connectivity index (χ1n) is 20.6. The van der Waals surface area contributed by atoms with Crippen molar-refractivity contribution in [1.82, 2.24) is 9.13 Å². The van der Waals surface area contributed by atoms with E-state index in [1.807, 2.05) is 18.2 Å². The van der Waals surface area contributed by atoms with E-state index in [1.165, 1.54) is 43.6 Å². The summed E-state index contributed by atoms with van der Waals surface area (Å²) in [4.78, 5) is 14.1. The number of nitriles is 1. The molecule has 0 aliphatic heterocycles. The van der Waals surface area contributed by atoms with Crippen LogP contribution in [-0.4, -0.2) is 20.2 Å². The zero-order chi connectivity index (χ0) is 41.7. The second-order valence-corrected chi connectivity index (χ2v) is 16.6. The van der Waals surface area contributed by atoms with E-state index in [4.69, 9.17) is 0 Å². The second kappa shape index (κ2) is 15.1. The highest BCUT2D eigenvalue weighted by Gasteiger charge is 2.28. The molecule has 0 saturated heterocycles. The first-order chi connectivity index (χ1) is 29.8. The zero-order valence-electron chi connectivity index (χ0n) is 34.0. The molecule has 0 amide bonds. The number of carboxylic acid groups (broad SMARTS) is 1. The average Bonchev–Trinajstić information content (AvgIpc) is 3.80. The number of aliphatic carboxylic acids is 1. The third-order valence-electron chi connectivity index (χ3n) is 11.9. The van der Waals surface area contributed by atoms with Crippen LogP contribution in [0.2, 0.25) is 0 Å². The maximum absolute atomic E-state index is 11.8. The maximum Gasteiger partial charge on any atom is 0.346 e. The van der Waals surface area contributed by atoms with E-state index in [1.54, 1.807) is 0 Å². The highest BCUT2D eigenvalue weighted by atomic mass is 16.4. The molecular formula is C55H42N4O2. The number of hydrogen-bond acceptors (Lipinski definition) is 3. The topological polar surface area (TPSA) is 74.2 Å². The highest BCUT2D eigenvalue weighted by Crippen LogP contribution is 2.41. The Kier molecular flexibility index (Phi) is 9.23. The van der Waals surface area contributed by atoms with Gasteiger partial charge in [-0.1, -0.05) is 117 Å². The number of para-hydroxylation sites is 4. The number of allylic oxidation sites excluding steroid dienone is 4. The van der Waals surface area contributed by atoms with Crippen molar-refractivity contribution >= 4 is 72.7 Å². The molecule has 6 nitrogen and oxygen atoms in total. The molecule has 1 aliphatic carbocycles. The standard InChI is InChI=1S/C55H42N4O2/c1-55(2)34-38(33-39(35-55)49(36-56)54(60)61)20-19-37-21-23-40(24-22-37)57(41-25-29-43(30-26-41)58-50-15-7-3-11-45(50)46-12-4-8-16-51(46)58)42-27-31-44(32-28-42)59-52-17-9-5-13-47(52)48-14-6-10-18-53(48)59/h3-33H,34-35H2,1-2H3,(H,60,61)/b20-19+,49-39-. The van der Waals surface area contributed by atoms with Gasteiger partial charge in [-0.05, 0) is 120 Å². The lowest BCUT2D eigenvalue weighted by atomic mass is 9.74. The quantitative estimate of drug-likeness (QED) is 0.123. The zero-order valence-corrected chi connectivity index (χ0v) is 34.0. The van der Waals surface area contributed by atoms with E-state index in [-0.39, 0.29) is 11.0 Å². The number of hydrogen-bond donors (Lipinski definition) is 1. The maximum atomic E-state index is 11.8. The number of aromatic nitrogens is 2. The molecule has 6 heteroatoms. The normalized spacial score (nSPS) is 14.7. The number of fused-ring (bicyclic) bond motifs is 6. The fourth-order valence-electron chi connectivity index (χ4n) is 9.27. The Morgan fingerprint density at radius 2 is 0.967 bits per heavy atom. The molecule has 0 spiro atoms. The predicted molar refractivity (Wildman–Crippen MR) is 250 cm³/mol. The van der Waals surface area contributed by atoms with Gasteiger partial charge in [0.1, 0.15) is 11.6 Å². The van der Waals surface area contributed by atoms with Gasteiger partial charge >= 0.3 is 5.97 Å². The first kappa shape index (κ1) is 37.4. The van der Waals surface area contributed by atoms with Crippen LogP contribution in [0.15, 0.2) is 199 Å². The molecule has 7 aromatic carbocycles. The number of anilines is 3. The second-order valence-electron chi connectivity index (χ2n) is 16.6. The molecule has 0 unspecified atom stereocenters. The minimum absolute atomic E-state index is 0.167. The van der Waals surface area contributed by atoms with E-state index in [2.05, 4.69) is 204 Å². The lowest BCUT2D eigenvalue weighted by Crippen LogP contribution is -2.19. The summed E-state index contributed by atoms with van der Waals surface area (Å²) in [5, 5.41) is 24.2. The summed E-state index contributed by atoms with van der Waals surface area (Å²) in [6, 6.07) is 62.3. The van der Waals surface area contributed by atoms with Gasteiger partial charge < -0.3 is 19.1 Å². The van der Waals surface area contributed by atoms with Crippen LogP contribution >= 0.6 is 0 Å². The summed E-state index contributed by atoms with van der Waals surface area (Å²) in [5.74, 6) is -1.18. The van der Waals surface area contributed by atoms with Crippen molar-refractivity contribution in [1.29, 1.82) is 5.26 Å². The van der Waals surface area contributed by atoms with Crippen LogP contribution in [0.5, 0.6) is 0 Å². The minimum atomic E-state index is -1.18. The molecule has 10 rings (SSSR count). The Labute approximate surface area is 354 Å². The van der Waals surface area contributed by atoms with Gasteiger partial charge in [0.05, 0.1) is 22.1 Å². The summed E-state index contributed by atoms with van der Waals surface area (Å²) in [6.45, 7) is 4.22. The number of benzene rings is 7. The van der Waals surface area contributed by atoms with Crippen molar-refractivity contribution in [3.8, 4) is 17.4 Å². The highest BCUT2D eigenvalue weighted by molar-refractivity contribution is 6.10. The first-order valence-corrected chi connectivity index (χ1v) is 20.6. The number of carboxylic acids is 1. The van der Waals surface area contributed by atoms with E-state index in [0.717, 1.165) is 46.0 Å². The predicted octanol–water partition coefficient (Wildman–Crippen LogP) is 14.0. The van der Waals surface area contributed by atoms with Gasteiger partial charge in [-0.2, -0.15) is 5.26 Å². The Morgan fingerprint density at radius 1 is 0.574 bits per heavy atom. The number of nitrogens with zero attached hydrogens (tertiary/aromatic N) is 4. The summed E-state index contributed by atoms with van der Waals surface area (Å²) in [5.41, 5.74) is 12.2. The fraction of sp³-hybridized carbons (Fsp3) is 0.0909. The van der Waals surface area contributed by atoms with Crippen molar-refractivity contribution in [3.63, 3.8) is 0 Å². The van der Waals surface area contributed by atoms with E-state index >= 15 is 0 Å². The van der Waals surface area contributed by atoms with Crippen LogP contribution < -0.4 is 4.90 Å². The number of carbonyl (C=O) groups is 1. The third kappa shape index (κ3) is 6.76. The van der Waals surface area contributed by atoms with Gasteiger partial charge in [0.2, 0.25) is 0 Å². The Morgan fingerprint density at radius 3 is 1.36 bits per heavy atom. The minimum Gasteiger partial charge on any atom is -0.477 e. The summed E-state index contributed by atoms with van der Waals surface area (Å²) < 4.78 is 4.68. The molecule has 0 bridgehead atoms. The van der Waals surface area contributed by atoms with Crippen molar-refractivity contribution in [3.05, 3.63) is 204 Å². The molecule has 0 fully saturated rings. The van der Waals surface area contributed by atoms with Gasteiger partial charge in [0.15, 0.2) is 0 Å². The molecule has 1 aliphatic rings. The lowest BCUT2D eigenvalue weighted by molar-refractivity contribution is -0.132. The SMILES string of the molecule is CC1(C)CC(/C=C/c2ccc(N(c3ccc(-n4c5ccccc5c5ccccc54)cc3)c3ccc(-n4c5ccccc5c5ccccc54)cc3)cc2)=CC(=C(\C#N)C(=O)O)/C1. The molecular weight excluding hydrogens is 749 g/mol. The summed E-state index contributed by atoms with van der Waals surface area (Å²) in [6.07, 6.45) is 7.31. The monoisotopic (exact) mass is 790 g/mol. The molecule has 1 N–H and O–H groups in total. The smallest absolute Gasteiger partial charge is 0.346 e. The molecule has 0 radical (unpaired) electrons. The van der Waals surface area contributed by atoms with Gasteiger partial charge in [-0.3, -0.25) is 0 Å². The van der Waals surface area contributed by atoms with Crippen molar-refractivity contribution in [2.75, 3.05) is 4.90 Å². The van der Waals surface area contributed by atoms with Gasteiger partial charge in [-0.25, -0.2) is 4.79 Å². The summed E-state index contributed by atoms with van der Waals surface area (Å²) >= 11 is 0. The largest absolute Gasteiger partial charge is 0.477 e. The molecule has 2 heterocycles. The molecule has 2 aromatic heterocycles. The Balaban J connectivity index is 1.04. The third-order valence-corrected chi connectivity index (χ3v) is 11.9. The fourth-order valence-corrected chi connectivity index (χ4v) is 9.27. The Bertz CT molecular complexity index is 3030. The lowest BCUT2D eigenvalue weighted by Gasteiger charge is -2.30. The van der Waals surface area contributed by atoms with Crippen LogP contribution in [0, 0.1) is 16.7 Å². The van der Waals surface area contributed by atoms with E-state index in [0.29, 0.717) is 12.0 Å². The molecule has 0 saturated carbocycles. The van der Waals surface area contributed by atoms with Crippen molar-refractivity contribution in [2.24, 2.45) is 5.41 Å². The van der Waals surface area contributed by atoms with E-state index in [9.17, 15) is 15.2 Å². The average molecular weight is 791 g/mol. The Hall–Kier alpha value is -7.88. The van der Waals surface area contributed by atoms with Crippen LogP contribution in [0.4, 0.5) is 17.1 Å². The number of rotatable bonds is 8. The summed E-state index contributed by atoms with van der Waals surface area (Å²) in [7, 11) is 0. The van der Waals surface area contributed by atoms with Gasteiger partial charge in [0.25, 0.3) is 0 Å². The molecule has 0 atom stereocenters. The molecule has 61 heavy (non-hydrogen) atoms. The van der Waals surface area contributed by atoms with Gasteiger partial charge in [0, 0.05) is 50.0 Å². The van der Waals surface area contributed by atoms with Crippen LogP contribution in [0.3, 0.4) is 0 Å².